The summed E-state index contributed by atoms with van der Waals surface area (Å²) in [7, 11) is -3.68. The molecular formula is C17H17FN2O4S. The number of carbonyl (C=O) groups excluding carboxylic acids is 1. The third-order valence-electron chi connectivity index (χ3n) is 3.94. The van der Waals surface area contributed by atoms with E-state index in [2.05, 4.69) is 0 Å². The number of nitrogens with zero attached hydrogens (tertiary/aromatic N) is 2. The maximum absolute atomic E-state index is 13.0. The van der Waals surface area contributed by atoms with E-state index in [9.17, 15) is 17.6 Å². The van der Waals surface area contributed by atoms with Crippen molar-refractivity contribution >= 4 is 22.0 Å². The highest BCUT2D eigenvalue weighted by atomic mass is 32.2. The SMILES string of the molecule is O=C(/C=C/c1ccco1)N1CCN(S(=O)(=O)c2ccc(F)cc2)CC1. The zero-order chi connectivity index (χ0) is 17.9. The van der Waals surface area contributed by atoms with Crippen molar-refractivity contribution in [3.05, 3.63) is 60.3 Å². The van der Waals surface area contributed by atoms with Crippen molar-refractivity contribution in [3.63, 3.8) is 0 Å². The summed E-state index contributed by atoms with van der Waals surface area (Å²) in [5.74, 6) is -0.112. The Morgan fingerprint density at radius 1 is 1.08 bits per heavy atom. The molecule has 1 aliphatic heterocycles. The largest absolute Gasteiger partial charge is 0.465 e. The number of hydrogen-bond acceptors (Lipinski definition) is 4. The fraction of sp³-hybridized carbons (Fsp3) is 0.235. The monoisotopic (exact) mass is 364 g/mol. The quantitative estimate of drug-likeness (QED) is 0.778. The first-order valence-electron chi connectivity index (χ1n) is 7.73. The van der Waals surface area contributed by atoms with E-state index in [1.165, 1.54) is 28.8 Å². The highest BCUT2D eigenvalue weighted by molar-refractivity contribution is 7.89. The summed E-state index contributed by atoms with van der Waals surface area (Å²) in [6.07, 6.45) is 4.50. The third kappa shape index (κ3) is 3.97. The molecule has 1 amide bonds. The Balaban J connectivity index is 1.61. The Hall–Kier alpha value is -2.45. The average molecular weight is 364 g/mol. The standard InChI is InChI=1S/C17H17FN2O4S/c18-14-3-6-16(7-4-14)25(22,23)20-11-9-19(10-12-20)17(21)8-5-15-2-1-13-24-15/h1-8,13H,9-12H2/b8-5+. The molecule has 1 aromatic heterocycles. The van der Waals surface area contributed by atoms with Crippen molar-refractivity contribution < 1.29 is 22.0 Å². The minimum Gasteiger partial charge on any atom is -0.465 e. The predicted molar refractivity (Wildman–Crippen MR) is 89.5 cm³/mol. The third-order valence-corrected chi connectivity index (χ3v) is 5.85. The molecule has 1 saturated heterocycles. The second kappa shape index (κ2) is 7.20. The zero-order valence-electron chi connectivity index (χ0n) is 13.3. The van der Waals surface area contributed by atoms with Gasteiger partial charge >= 0.3 is 0 Å². The molecule has 0 N–H and O–H groups in total. The molecule has 2 heterocycles. The molecule has 1 aliphatic rings. The fourth-order valence-electron chi connectivity index (χ4n) is 2.55. The molecule has 0 bridgehead atoms. The molecule has 0 radical (unpaired) electrons. The number of piperazine rings is 1. The summed E-state index contributed by atoms with van der Waals surface area (Å²) in [5.41, 5.74) is 0. The lowest BCUT2D eigenvalue weighted by Gasteiger charge is -2.33. The lowest BCUT2D eigenvalue weighted by molar-refractivity contribution is -0.127. The van der Waals surface area contributed by atoms with Gasteiger partial charge in [-0.1, -0.05) is 0 Å². The van der Waals surface area contributed by atoms with Crippen molar-refractivity contribution in [1.82, 2.24) is 9.21 Å². The van der Waals surface area contributed by atoms with E-state index < -0.39 is 15.8 Å². The van der Waals surface area contributed by atoms with Gasteiger partial charge in [0.05, 0.1) is 11.2 Å². The minimum absolute atomic E-state index is 0.0476. The van der Waals surface area contributed by atoms with E-state index in [1.807, 2.05) is 0 Å². The summed E-state index contributed by atoms with van der Waals surface area (Å²) >= 11 is 0. The molecule has 132 valence electrons. The van der Waals surface area contributed by atoms with Crippen molar-refractivity contribution in [2.75, 3.05) is 26.2 Å². The Bertz CT molecular complexity index is 853. The predicted octanol–water partition coefficient (Wildman–Crippen LogP) is 1.97. The fourth-order valence-corrected chi connectivity index (χ4v) is 3.97. The number of furan rings is 1. The molecule has 8 heteroatoms. The van der Waals surface area contributed by atoms with Gasteiger partial charge in [0.25, 0.3) is 0 Å². The van der Waals surface area contributed by atoms with Crippen LogP contribution in [0.2, 0.25) is 0 Å². The van der Waals surface area contributed by atoms with Crippen LogP contribution in [0, 0.1) is 5.82 Å². The number of hydrogen-bond donors (Lipinski definition) is 0. The summed E-state index contributed by atoms with van der Waals surface area (Å²) in [5, 5.41) is 0. The van der Waals surface area contributed by atoms with Crippen LogP contribution in [0.1, 0.15) is 5.76 Å². The number of benzene rings is 1. The van der Waals surface area contributed by atoms with Crippen LogP contribution in [0.3, 0.4) is 0 Å². The van der Waals surface area contributed by atoms with E-state index >= 15 is 0 Å². The molecule has 1 fully saturated rings. The van der Waals surface area contributed by atoms with Crippen molar-refractivity contribution in [3.8, 4) is 0 Å². The Morgan fingerprint density at radius 3 is 2.36 bits per heavy atom. The first-order valence-corrected chi connectivity index (χ1v) is 9.17. The Morgan fingerprint density at radius 2 is 1.76 bits per heavy atom. The van der Waals surface area contributed by atoms with E-state index in [0.29, 0.717) is 18.8 Å². The van der Waals surface area contributed by atoms with Gasteiger partial charge in [0, 0.05) is 32.3 Å². The molecule has 0 atom stereocenters. The minimum atomic E-state index is -3.68. The van der Waals surface area contributed by atoms with E-state index in [1.54, 1.807) is 23.1 Å². The summed E-state index contributed by atoms with van der Waals surface area (Å²) < 4.78 is 44.5. The van der Waals surface area contributed by atoms with E-state index in [-0.39, 0.29) is 23.9 Å². The van der Waals surface area contributed by atoms with Gasteiger partial charge in [-0.15, -0.1) is 0 Å². The molecular weight excluding hydrogens is 347 g/mol. The number of carbonyl (C=O) groups is 1. The van der Waals surface area contributed by atoms with Gasteiger partial charge in [-0.05, 0) is 42.5 Å². The highest BCUT2D eigenvalue weighted by Gasteiger charge is 2.29. The van der Waals surface area contributed by atoms with Crippen molar-refractivity contribution in [2.45, 2.75) is 4.90 Å². The maximum Gasteiger partial charge on any atom is 0.246 e. The van der Waals surface area contributed by atoms with Gasteiger partial charge < -0.3 is 9.32 Å². The molecule has 0 aliphatic carbocycles. The van der Waals surface area contributed by atoms with Gasteiger partial charge in [0.1, 0.15) is 11.6 Å². The van der Waals surface area contributed by atoms with Gasteiger partial charge in [-0.25, -0.2) is 12.8 Å². The van der Waals surface area contributed by atoms with Gasteiger partial charge in [0.2, 0.25) is 15.9 Å². The highest BCUT2D eigenvalue weighted by Crippen LogP contribution is 2.18. The Labute approximate surface area is 145 Å². The Kier molecular flexibility index (Phi) is 5.00. The zero-order valence-corrected chi connectivity index (χ0v) is 14.2. The number of amides is 1. The van der Waals surface area contributed by atoms with Crippen LogP contribution in [0.25, 0.3) is 6.08 Å². The molecule has 3 rings (SSSR count). The van der Waals surface area contributed by atoms with Crippen LogP contribution in [0.5, 0.6) is 0 Å². The van der Waals surface area contributed by atoms with E-state index in [4.69, 9.17) is 4.42 Å². The van der Waals surface area contributed by atoms with Crippen LogP contribution in [0.15, 0.2) is 58.1 Å². The van der Waals surface area contributed by atoms with Gasteiger partial charge in [-0.3, -0.25) is 4.79 Å². The van der Waals surface area contributed by atoms with Crippen LogP contribution < -0.4 is 0 Å². The first kappa shape index (κ1) is 17.4. The smallest absolute Gasteiger partial charge is 0.246 e. The molecule has 0 spiro atoms. The van der Waals surface area contributed by atoms with Crippen LogP contribution in [-0.4, -0.2) is 49.7 Å². The second-order valence-corrected chi connectivity index (χ2v) is 7.47. The maximum atomic E-state index is 13.0. The summed E-state index contributed by atoms with van der Waals surface area (Å²) in [4.78, 5) is 13.8. The molecule has 1 aromatic carbocycles. The normalized spacial score (nSPS) is 16.4. The first-order chi connectivity index (χ1) is 12.0. The topological polar surface area (TPSA) is 70.8 Å². The van der Waals surface area contributed by atoms with Crippen LogP contribution in [0.4, 0.5) is 4.39 Å². The molecule has 25 heavy (non-hydrogen) atoms. The number of rotatable bonds is 4. The van der Waals surface area contributed by atoms with Gasteiger partial charge in [0.15, 0.2) is 0 Å². The molecule has 0 unspecified atom stereocenters. The lowest BCUT2D eigenvalue weighted by Crippen LogP contribution is -2.50. The van der Waals surface area contributed by atoms with Crippen LogP contribution in [-0.2, 0) is 14.8 Å². The second-order valence-electron chi connectivity index (χ2n) is 5.53. The van der Waals surface area contributed by atoms with Crippen molar-refractivity contribution in [2.24, 2.45) is 0 Å². The number of halogens is 1. The van der Waals surface area contributed by atoms with Crippen LogP contribution >= 0.6 is 0 Å². The average Bonchev–Trinajstić information content (AvgIpc) is 3.14. The summed E-state index contributed by atoms with van der Waals surface area (Å²) in [6, 6.07) is 8.18. The lowest BCUT2D eigenvalue weighted by atomic mass is 10.3. The van der Waals surface area contributed by atoms with Gasteiger partial charge in [-0.2, -0.15) is 4.31 Å². The van der Waals surface area contributed by atoms with Crippen molar-refractivity contribution in [1.29, 1.82) is 0 Å². The summed E-state index contributed by atoms with van der Waals surface area (Å²) in [6.45, 7) is 0.976. The van der Waals surface area contributed by atoms with E-state index in [0.717, 1.165) is 12.1 Å². The number of sulfonamides is 1. The molecule has 6 nitrogen and oxygen atoms in total. The molecule has 2 aromatic rings. The molecule has 0 saturated carbocycles.